The zero-order valence-electron chi connectivity index (χ0n) is 9.64. The first kappa shape index (κ1) is 11.5. The number of aliphatic hydroxyl groups is 1. The number of allylic oxidation sites excluding steroid dienone is 3. The van der Waals surface area contributed by atoms with E-state index in [1.165, 1.54) is 24.0 Å². The van der Waals surface area contributed by atoms with Crippen LogP contribution in [0.1, 0.15) is 40.0 Å². The van der Waals surface area contributed by atoms with E-state index in [4.69, 9.17) is 5.11 Å². The quantitative estimate of drug-likeness (QED) is 0.681. The lowest BCUT2D eigenvalue weighted by atomic mass is 9.88. The summed E-state index contributed by atoms with van der Waals surface area (Å²) in [7, 11) is 0. The molecule has 1 N–H and O–H groups in total. The van der Waals surface area contributed by atoms with Crippen LogP contribution >= 0.6 is 0 Å². The first-order valence-electron chi connectivity index (χ1n) is 5.51. The molecule has 1 rings (SSSR count). The molecule has 1 nitrogen and oxygen atoms in total. The van der Waals surface area contributed by atoms with Gasteiger partial charge in [-0.05, 0) is 39.0 Å². The molecule has 2 atom stereocenters. The van der Waals surface area contributed by atoms with Crippen LogP contribution in [0.5, 0.6) is 0 Å². The highest BCUT2D eigenvalue weighted by Crippen LogP contribution is 2.39. The average molecular weight is 194 g/mol. The van der Waals surface area contributed by atoms with E-state index in [1.54, 1.807) is 5.57 Å². The van der Waals surface area contributed by atoms with Crippen LogP contribution in [0.15, 0.2) is 23.3 Å². The van der Waals surface area contributed by atoms with Crippen molar-refractivity contribution in [2.45, 2.75) is 40.0 Å². The van der Waals surface area contributed by atoms with Crippen LogP contribution in [0, 0.1) is 11.8 Å². The Morgan fingerprint density at radius 1 is 1.64 bits per heavy atom. The van der Waals surface area contributed by atoms with Crippen molar-refractivity contribution in [2.75, 3.05) is 6.61 Å². The Kier molecular flexibility index (Phi) is 3.94. The minimum absolute atomic E-state index is 0.291. The van der Waals surface area contributed by atoms with E-state index in [1.807, 2.05) is 0 Å². The molecule has 0 amide bonds. The van der Waals surface area contributed by atoms with Crippen molar-refractivity contribution in [3.63, 3.8) is 0 Å². The van der Waals surface area contributed by atoms with Crippen molar-refractivity contribution in [1.82, 2.24) is 0 Å². The molecular weight excluding hydrogens is 172 g/mol. The van der Waals surface area contributed by atoms with Gasteiger partial charge in [0, 0.05) is 12.5 Å². The summed E-state index contributed by atoms with van der Waals surface area (Å²) in [5.74, 6) is 0.976. The molecule has 0 saturated heterocycles. The van der Waals surface area contributed by atoms with E-state index >= 15 is 0 Å². The molecule has 0 fully saturated rings. The largest absolute Gasteiger partial charge is 0.396 e. The number of hydrogen-bond donors (Lipinski definition) is 1. The lowest BCUT2D eigenvalue weighted by Crippen LogP contribution is -2.08. The molecule has 0 aromatic carbocycles. The minimum Gasteiger partial charge on any atom is -0.396 e. The van der Waals surface area contributed by atoms with Crippen LogP contribution in [-0.2, 0) is 0 Å². The molecule has 1 heteroatoms. The standard InChI is InChI=1S/C13H22O/c1-9(2)12-6-5-11(4)13(12)7-10(3)8-14/h10,12,14H,1,5-8H2,2-4H3. The Morgan fingerprint density at radius 3 is 2.79 bits per heavy atom. The molecule has 0 heterocycles. The van der Waals surface area contributed by atoms with Crippen LogP contribution < -0.4 is 0 Å². The molecule has 0 spiro atoms. The molecule has 0 aromatic rings. The molecule has 0 bridgehead atoms. The Morgan fingerprint density at radius 2 is 2.29 bits per heavy atom. The van der Waals surface area contributed by atoms with Crippen molar-refractivity contribution in [3.8, 4) is 0 Å². The Bertz CT molecular complexity index is 250. The summed E-state index contributed by atoms with van der Waals surface area (Å²) in [5, 5.41) is 9.06. The van der Waals surface area contributed by atoms with E-state index < -0.39 is 0 Å². The normalized spacial score (nSPS) is 24.1. The summed E-state index contributed by atoms with van der Waals surface area (Å²) >= 11 is 0. The Labute approximate surface area is 87.5 Å². The predicted octanol–water partition coefficient (Wildman–Crippen LogP) is 3.31. The third-order valence-corrected chi connectivity index (χ3v) is 3.25. The topological polar surface area (TPSA) is 20.2 Å². The monoisotopic (exact) mass is 194 g/mol. The van der Waals surface area contributed by atoms with Crippen LogP contribution in [0.2, 0.25) is 0 Å². The number of rotatable bonds is 4. The smallest absolute Gasteiger partial charge is 0.0459 e. The third kappa shape index (κ3) is 2.48. The summed E-state index contributed by atoms with van der Waals surface area (Å²) in [6.45, 7) is 10.8. The number of hydrogen-bond acceptors (Lipinski definition) is 1. The summed E-state index contributed by atoms with van der Waals surface area (Å²) in [4.78, 5) is 0. The number of aliphatic hydroxyl groups excluding tert-OH is 1. The van der Waals surface area contributed by atoms with Crippen LogP contribution in [0.25, 0.3) is 0 Å². The summed E-state index contributed by atoms with van der Waals surface area (Å²) in [5.41, 5.74) is 4.35. The highest BCUT2D eigenvalue weighted by Gasteiger charge is 2.24. The van der Waals surface area contributed by atoms with Gasteiger partial charge in [0.15, 0.2) is 0 Å². The van der Waals surface area contributed by atoms with Crippen molar-refractivity contribution in [2.24, 2.45) is 11.8 Å². The molecule has 80 valence electrons. The van der Waals surface area contributed by atoms with Crippen LogP contribution in [0.3, 0.4) is 0 Å². The summed E-state index contributed by atoms with van der Waals surface area (Å²) in [6.07, 6.45) is 3.49. The van der Waals surface area contributed by atoms with Gasteiger partial charge in [-0.25, -0.2) is 0 Å². The molecular formula is C13H22O. The van der Waals surface area contributed by atoms with Gasteiger partial charge in [0.05, 0.1) is 0 Å². The van der Waals surface area contributed by atoms with Crippen molar-refractivity contribution < 1.29 is 5.11 Å². The fraction of sp³-hybridized carbons (Fsp3) is 0.692. The summed E-state index contributed by atoms with van der Waals surface area (Å²) < 4.78 is 0. The van der Waals surface area contributed by atoms with E-state index in [-0.39, 0.29) is 0 Å². The van der Waals surface area contributed by atoms with Gasteiger partial charge in [-0.15, -0.1) is 0 Å². The van der Waals surface area contributed by atoms with Crippen molar-refractivity contribution in [1.29, 1.82) is 0 Å². The Hall–Kier alpha value is -0.560. The molecule has 1 aliphatic carbocycles. The second kappa shape index (κ2) is 4.79. The van der Waals surface area contributed by atoms with Gasteiger partial charge >= 0.3 is 0 Å². The second-order valence-corrected chi connectivity index (χ2v) is 4.74. The maximum Gasteiger partial charge on any atom is 0.0459 e. The zero-order valence-corrected chi connectivity index (χ0v) is 9.64. The molecule has 2 unspecified atom stereocenters. The molecule has 1 aliphatic rings. The molecule has 0 aliphatic heterocycles. The first-order valence-corrected chi connectivity index (χ1v) is 5.51. The molecule has 0 aromatic heterocycles. The molecule has 0 radical (unpaired) electrons. The van der Waals surface area contributed by atoms with Gasteiger partial charge in [0.2, 0.25) is 0 Å². The zero-order chi connectivity index (χ0) is 10.7. The van der Waals surface area contributed by atoms with Gasteiger partial charge in [0.25, 0.3) is 0 Å². The minimum atomic E-state index is 0.291. The van der Waals surface area contributed by atoms with Crippen molar-refractivity contribution in [3.05, 3.63) is 23.3 Å². The lowest BCUT2D eigenvalue weighted by molar-refractivity contribution is 0.235. The van der Waals surface area contributed by atoms with E-state index in [0.29, 0.717) is 18.4 Å². The van der Waals surface area contributed by atoms with Gasteiger partial charge in [-0.2, -0.15) is 0 Å². The Balaban J connectivity index is 2.71. The van der Waals surface area contributed by atoms with E-state index in [0.717, 1.165) is 6.42 Å². The van der Waals surface area contributed by atoms with Crippen LogP contribution in [-0.4, -0.2) is 11.7 Å². The highest BCUT2D eigenvalue weighted by molar-refractivity contribution is 5.28. The van der Waals surface area contributed by atoms with Gasteiger partial charge in [-0.3, -0.25) is 0 Å². The fourth-order valence-corrected chi connectivity index (χ4v) is 2.29. The predicted molar refractivity (Wildman–Crippen MR) is 61.1 cm³/mol. The SMILES string of the molecule is C=C(C)C1CCC(C)=C1CC(C)CO. The van der Waals surface area contributed by atoms with Crippen molar-refractivity contribution >= 4 is 0 Å². The van der Waals surface area contributed by atoms with E-state index in [9.17, 15) is 0 Å². The second-order valence-electron chi connectivity index (χ2n) is 4.74. The fourth-order valence-electron chi connectivity index (χ4n) is 2.29. The van der Waals surface area contributed by atoms with Gasteiger partial charge in [0.1, 0.15) is 0 Å². The molecule has 0 saturated carbocycles. The maximum atomic E-state index is 9.06. The first-order chi connectivity index (χ1) is 6.56. The third-order valence-electron chi connectivity index (χ3n) is 3.25. The van der Waals surface area contributed by atoms with Gasteiger partial charge < -0.3 is 5.11 Å². The average Bonchev–Trinajstić information content (AvgIpc) is 2.48. The lowest BCUT2D eigenvalue weighted by Gasteiger charge is -2.18. The highest BCUT2D eigenvalue weighted by atomic mass is 16.3. The maximum absolute atomic E-state index is 9.06. The van der Waals surface area contributed by atoms with E-state index in [2.05, 4.69) is 27.4 Å². The van der Waals surface area contributed by atoms with Gasteiger partial charge in [-0.1, -0.05) is 30.2 Å². The van der Waals surface area contributed by atoms with Crippen LogP contribution in [0.4, 0.5) is 0 Å². The molecule has 14 heavy (non-hydrogen) atoms. The summed E-state index contributed by atoms with van der Waals surface area (Å²) in [6, 6.07) is 0.